The molecule has 0 aliphatic carbocycles. The monoisotopic (exact) mass is 230 g/mol. The first-order valence-electron chi connectivity index (χ1n) is 5.71. The molecule has 1 unspecified atom stereocenters. The van der Waals surface area contributed by atoms with Gasteiger partial charge in [-0.3, -0.25) is 4.98 Å². The van der Waals surface area contributed by atoms with Crippen LogP contribution in [-0.4, -0.2) is 34.6 Å². The highest BCUT2D eigenvalue weighted by molar-refractivity contribution is 5.56. The van der Waals surface area contributed by atoms with Crippen molar-refractivity contribution in [2.24, 2.45) is 0 Å². The van der Waals surface area contributed by atoms with Crippen LogP contribution in [0.25, 0.3) is 11.3 Å². The Morgan fingerprint density at radius 1 is 1.35 bits per heavy atom. The van der Waals surface area contributed by atoms with E-state index in [-0.39, 0.29) is 6.10 Å². The summed E-state index contributed by atoms with van der Waals surface area (Å²) >= 11 is 0. The van der Waals surface area contributed by atoms with Crippen molar-refractivity contribution in [2.75, 3.05) is 19.7 Å². The van der Waals surface area contributed by atoms with E-state index in [4.69, 9.17) is 4.74 Å². The number of H-pyrrole nitrogens is 1. The molecule has 3 rings (SSSR count). The Hall–Kier alpha value is -1.72. The molecule has 5 nitrogen and oxygen atoms in total. The van der Waals surface area contributed by atoms with Crippen molar-refractivity contribution in [1.29, 1.82) is 0 Å². The van der Waals surface area contributed by atoms with Crippen molar-refractivity contribution in [3.05, 3.63) is 36.5 Å². The molecule has 88 valence electrons. The molecule has 17 heavy (non-hydrogen) atoms. The molecule has 2 aromatic heterocycles. The van der Waals surface area contributed by atoms with Crippen molar-refractivity contribution in [3.63, 3.8) is 0 Å². The number of hydrogen-bond acceptors (Lipinski definition) is 4. The Labute approximate surface area is 99.3 Å². The molecule has 0 radical (unpaired) electrons. The third-order valence-corrected chi connectivity index (χ3v) is 2.80. The second-order valence-electron chi connectivity index (χ2n) is 3.99. The van der Waals surface area contributed by atoms with Gasteiger partial charge < -0.3 is 15.0 Å². The van der Waals surface area contributed by atoms with E-state index < -0.39 is 0 Å². The normalized spacial score (nSPS) is 20.4. The van der Waals surface area contributed by atoms with Crippen LogP contribution in [0.1, 0.15) is 11.9 Å². The molecule has 0 amide bonds. The molecule has 1 fully saturated rings. The number of aromatic amines is 1. The van der Waals surface area contributed by atoms with Gasteiger partial charge in [0.05, 0.1) is 18.5 Å². The van der Waals surface area contributed by atoms with E-state index in [1.165, 1.54) is 0 Å². The molecule has 1 aliphatic heterocycles. The lowest BCUT2D eigenvalue weighted by molar-refractivity contribution is 0.0227. The summed E-state index contributed by atoms with van der Waals surface area (Å²) in [6, 6.07) is 3.92. The van der Waals surface area contributed by atoms with E-state index in [0.717, 1.165) is 36.8 Å². The van der Waals surface area contributed by atoms with Crippen molar-refractivity contribution in [2.45, 2.75) is 6.10 Å². The molecule has 0 saturated carbocycles. The van der Waals surface area contributed by atoms with Crippen LogP contribution >= 0.6 is 0 Å². The third-order valence-electron chi connectivity index (χ3n) is 2.80. The van der Waals surface area contributed by atoms with Gasteiger partial charge in [0.15, 0.2) is 0 Å². The summed E-state index contributed by atoms with van der Waals surface area (Å²) in [6.07, 6.45) is 5.42. The van der Waals surface area contributed by atoms with Crippen LogP contribution in [0.2, 0.25) is 0 Å². The minimum Gasteiger partial charge on any atom is -0.368 e. The van der Waals surface area contributed by atoms with E-state index in [1.54, 1.807) is 6.20 Å². The molecule has 1 aliphatic rings. The second kappa shape index (κ2) is 4.65. The number of imidazole rings is 1. The fourth-order valence-corrected chi connectivity index (χ4v) is 1.91. The highest BCUT2D eigenvalue weighted by Gasteiger charge is 2.18. The maximum absolute atomic E-state index is 5.64. The van der Waals surface area contributed by atoms with Gasteiger partial charge in [-0.15, -0.1) is 0 Å². The van der Waals surface area contributed by atoms with Gasteiger partial charge >= 0.3 is 0 Å². The van der Waals surface area contributed by atoms with Crippen LogP contribution in [0.3, 0.4) is 0 Å². The molecule has 5 heteroatoms. The van der Waals surface area contributed by atoms with Gasteiger partial charge in [0, 0.05) is 31.0 Å². The average Bonchev–Trinajstić information content (AvgIpc) is 2.90. The smallest absolute Gasteiger partial charge is 0.137 e. The number of ether oxygens (including phenoxy) is 1. The highest BCUT2D eigenvalue weighted by atomic mass is 16.5. The number of nitrogens with zero attached hydrogens (tertiary/aromatic N) is 2. The van der Waals surface area contributed by atoms with Crippen molar-refractivity contribution < 1.29 is 4.74 Å². The van der Waals surface area contributed by atoms with Gasteiger partial charge in [-0.05, 0) is 12.1 Å². The van der Waals surface area contributed by atoms with E-state index >= 15 is 0 Å². The number of morpholine rings is 1. The van der Waals surface area contributed by atoms with E-state index in [1.807, 2.05) is 24.5 Å². The third kappa shape index (κ3) is 2.20. The largest absolute Gasteiger partial charge is 0.368 e. The van der Waals surface area contributed by atoms with Crippen LogP contribution in [0, 0.1) is 0 Å². The molecular weight excluding hydrogens is 216 g/mol. The van der Waals surface area contributed by atoms with Crippen molar-refractivity contribution >= 4 is 0 Å². The van der Waals surface area contributed by atoms with Crippen LogP contribution < -0.4 is 5.32 Å². The quantitative estimate of drug-likeness (QED) is 0.812. The predicted molar refractivity (Wildman–Crippen MR) is 63.4 cm³/mol. The van der Waals surface area contributed by atoms with E-state index in [2.05, 4.69) is 20.3 Å². The molecule has 2 N–H and O–H groups in total. The van der Waals surface area contributed by atoms with E-state index in [0.29, 0.717) is 0 Å². The average molecular weight is 230 g/mol. The summed E-state index contributed by atoms with van der Waals surface area (Å²) in [5.74, 6) is 0.871. The Bertz CT molecular complexity index is 476. The molecular formula is C12H14N4O. The maximum Gasteiger partial charge on any atom is 0.137 e. The van der Waals surface area contributed by atoms with Crippen LogP contribution in [0.15, 0.2) is 30.7 Å². The van der Waals surface area contributed by atoms with Gasteiger partial charge in [0.1, 0.15) is 11.9 Å². The highest BCUT2D eigenvalue weighted by Crippen LogP contribution is 2.20. The summed E-state index contributed by atoms with van der Waals surface area (Å²) in [7, 11) is 0. The number of aromatic nitrogens is 3. The zero-order valence-corrected chi connectivity index (χ0v) is 9.39. The van der Waals surface area contributed by atoms with Crippen LogP contribution in [-0.2, 0) is 4.74 Å². The van der Waals surface area contributed by atoms with Gasteiger partial charge in [-0.2, -0.15) is 0 Å². The number of pyridine rings is 1. The molecule has 0 spiro atoms. The minimum absolute atomic E-state index is 0.0224. The summed E-state index contributed by atoms with van der Waals surface area (Å²) in [5.41, 5.74) is 2.01. The number of hydrogen-bond donors (Lipinski definition) is 2. The SMILES string of the molecule is c1cncc(-c2cnc(C3CNCCO3)[nH]2)c1. The maximum atomic E-state index is 5.64. The number of rotatable bonds is 2. The molecule has 0 aromatic carbocycles. The Morgan fingerprint density at radius 2 is 2.35 bits per heavy atom. The fourth-order valence-electron chi connectivity index (χ4n) is 1.91. The Morgan fingerprint density at radius 3 is 3.12 bits per heavy atom. The van der Waals surface area contributed by atoms with Gasteiger partial charge in [-0.25, -0.2) is 4.98 Å². The lowest BCUT2D eigenvalue weighted by atomic mass is 10.2. The summed E-state index contributed by atoms with van der Waals surface area (Å²) in [6.45, 7) is 2.44. The Balaban J connectivity index is 1.83. The predicted octanol–water partition coefficient (Wildman–Crippen LogP) is 1.13. The fraction of sp³-hybridized carbons (Fsp3) is 0.333. The van der Waals surface area contributed by atoms with Gasteiger partial charge in [0.2, 0.25) is 0 Å². The molecule has 1 atom stereocenters. The summed E-state index contributed by atoms with van der Waals surface area (Å²) in [5, 5.41) is 3.28. The summed E-state index contributed by atoms with van der Waals surface area (Å²) < 4.78 is 5.64. The first kappa shape index (κ1) is 10.4. The zero-order chi connectivity index (χ0) is 11.5. The van der Waals surface area contributed by atoms with Gasteiger partial charge in [-0.1, -0.05) is 0 Å². The second-order valence-corrected chi connectivity index (χ2v) is 3.99. The molecule has 3 heterocycles. The first-order chi connectivity index (χ1) is 8.43. The minimum atomic E-state index is 0.0224. The van der Waals surface area contributed by atoms with Crippen molar-refractivity contribution in [3.8, 4) is 11.3 Å². The van der Waals surface area contributed by atoms with Gasteiger partial charge in [0.25, 0.3) is 0 Å². The standard InChI is InChI=1S/C12H14N4O/c1-2-9(6-13-3-1)10-7-15-12(16-10)11-8-14-4-5-17-11/h1-3,6-7,11,14H,4-5,8H2,(H,15,16). The van der Waals surface area contributed by atoms with Crippen LogP contribution in [0.5, 0.6) is 0 Å². The molecule has 1 saturated heterocycles. The van der Waals surface area contributed by atoms with E-state index in [9.17, 15) is 0 Å². The first-order valence-corrected chi connectivity index (χ1v) is 5.71. The molecule has 0 bridgehead atoms. The lowest BCUT2D eigenvalue weighted by Gasteiger charge is -2.21. The zero-order valence-electron chi connectivity index (χ0n) is 9.39. The topological polar surface area (TPSA) is 62.8 Å². The lowest BCUT2D eigenvalue weighted by Crippen LogP contribution is -2.33. The molecule has 2 aromatic rings. The van der Waals surface area contributed by atoms with Crippen molar-refractivity contribution in [1.82, 2.24) is 20.3 Å². The Kier molecular flexibility index (Phi) is 2.85. The van der Waals surface area contributed by atoms with Crippen LogP contribution in [0.4, 0.5) is 0 Å². The summed E-state index contributed by atoms with van der Waals surface area (Å²) in [4.78, 5) is 11.7. The number of nitrogens with one attached hydrogen (secondary N) is 2.